The van der Waals surface area contributed by atoms with Crippen molar-refractivity contribution >= 4 is 17.5 Å². The molecule has 2 aromatic carbocycles. The Hall–Kier alpha value is -3.08. The largest absolute Gasteiger partial charge is 0.457 e. The van der Waals surface area contributed by atoms with Gasteiger partial charge in [0, 0.05) is 25.0 Å². The molecule has 0 atom stereocenters. The minimum atomic E-state index is 0.616. The minimum absolute atomic E-state index is 0.616. The van der Waals surface area contributed by atoms with Crippen molar-refractivity contribution in [2.45, 2.75) is 19.3 Å². The molecule has 1 aromatic heterocycles. The topological polar surface area (TPSA) is 50.3 Å². The Bertz CT molecular complexity index is 830. The van der Waals surface area contributed by atoms with E-state index in [0.29, 0.717) is 5.95 Å². The van der Waals surface area contributed by atoms with Crippen LogP contribution in [0.2, 0.25) is 0 Å². The minimum Gasteiger partial charge on any atom is -0.457 e. The van der Waals surface area contributed by atoms with E-state index in [9.17, 15) is 0 Å². The lowest BCUT2D eigenvalue weighted by atomic mass is 10.1. The van der Waals surface area contributed by atoms with E-state index in [4.69, 9.17) is 4.74 Å². The van der Waals surface area contributed by atoms with Crippen LogP contribution in [0.25, 0.3) is 0 Å². The SMILES string of the molecule is c1ccc(Oc2ccc(Nc3nccc(N4CCCCC4)n3)cc2)cc1. The van der Waals surface area contributed by atoms with Gasteiger partial charge in [-0.25, -0.2) is 4.98 Å². The van der Waals surface area contributed by atoms with E-state index in [1.807, 2.05) is 66.9 Å². The number of nitrogens with one attached hydrogen (secondary N) is 1. The van der Waals surface area contributed by atoms with Crippen molar-refractivity contribution in [3.8, 4) is 11.5 Å². The summed E-state index contributed by atoms with van der Waals surface area (Å²) in [4.78, 5) is 11.3. The molecule has 0 radical (unpaired) electrons. The molecule has 0 spiro atoms. The van der Waals surface area contributed by atoms with Crippen molar-refractivity contribution in [3.05, 3.63) is 66.9 Å². The molecule has 132 valence electrons. The summed E-state index contributed by atoms with van der Waals surface area (Å²) in [6.07, 6.45) is 5.58. The molecule has 0 bridgehead atoms. The molecule has 1 saturated heterocycles. The van der Waals surface area contributed by atoms with E-state index in [-0.39, 0.29) is 0 Å². The first kappa shape index (κ1) is 16.4. The van der Waals surface area contributed by atoms with Gasteiger partial charge < -0.3 is 15.0 Å². The molecular weight excluding hydrogens is 324 g/mol. The molecule has 1 aliphatic heterocycles. The molecule has 0 aliphatic carbocycles. The highest BCUT2D eigenvalue weighted by atomic mass is 16.5. The number of piperidine rings is 1. The molecule has 1 N–H and O–H groups in total. The summed E-state index contributed by atoms with van der Waals surface area (Å²) in [6, 6.07) is 19.5. The lowest BCUT2D eigenvalue weighted by Gasteiger charge is -2.27. The van der Waals surface area contributed by atoms with Crippen LogP contribution in [0, 0.1) is 0 Å². The average molecular weight is 346 g/mol. The lowest BCUT2D eigenvalue weighted by Crippen LogP contribution is -2.30. The van der Waals surface area contributed by atoms with Crippen molar-refractivity contribution in [1.82, 2.24) is 9.97 Å². The monoisotopic (exact) mass is 346 g/mol. The van der Waals surface area contributed by atoms with Crippen LogP contribution in [0.15, 0.2) is 66.9 Å². The summed E-state index contributed by atoms with van der Waals surface area (Å²) in [5, 5.41) is 3.27. The van der Waals surface area contributed by atoms with Gasteiger partial charge in [0.05, 0.1) is 0 Å². The predicted octanol–water partition coefficient (Wildman–Crippen LogP) is 5.00. The first-order valence-corrected chi connectivity index (χ1v) is 9.05. The molecule has 26 heavy (non-hydrogen) atoms. The Morgan fingerprint density at radius 3 is 2.31 bits per heavy atom. The smallest absolute Gasteiger partial charge is 0.229 e. The number of nitrogens with zero attached hydrogens (tertiary/aromatic N) is 3. The fraction of sp³-hybridized carbons (Fsp3) is 0.238. The van der Waals surface area contributed by atoms with Gasteiger partial charge in [0.15, 0.2) is 0 Å². The first-order valence-electron chi connectivity index (χ1n) is 9.05. The van der Waals surface area contributed by atoms with Crippen LogP contribution >= 0.6 is 0 Å². The number of ether oxygens (including phenoxy) is 1. The van der Waals surface area contributed by atoms with E-state index < -0.39 is 0 Å². The summed E-state index contributed by atoms with van der Waals surface area (Å²) in [5.41, 5.74) is 0.932. The van der Waals surface area contributed by atoms with Crippen molar-refractivity contribution in [2.75, 3.05) is 23.3 Å². The van der Waals surface area contributed by atoms with Crippen molar-refractivity contribution in [1.29, 1.82) is 0 Å². The van der Waals surface area contributed by atoms with Crippen molar-refractivity contribution in [3.63, 3.8) is 0 Å². The highest BCUT2D eigenvalue weighted by Gasteiger charge is 2.12. The molecule has 5 nitrogen and oxygen atoms in total. The van der Waals surface area contributed by atoms with Crippen LogP contribution in [-0.2, 0) is 0 Å². The maximum atomic E-state index is 5.82. The maximum Gasteiger partial charge on any atom is 0.229 e. The molecule has 3 aromatic rings. The molecule has 5 heteroatoms. The zero-order valence-electron chi connectivity index (χ0n) is 14.6. The third-order valence-electron chi connectivity index (χ3n) is 4.41. The standard InChI is InChI=1S/C21H22N4O/c1-3-7-18(8-4-1)26-19-11-9-17(10-12-19)23-21-22-14-13-20(24-21)25-15-5-2-6-16-25/h1,3-4,7-14H,2,5-6,15-16H2,(H,22,23,24). The molecule has 0 saturated carbocycles. The van der Waals surface area contributed by atoms with Gasteiger partial charge in [-0.15, -0.1) is 0 Å². The van der Waals surface area contributed by atoms with Crippen molar-refractivity contribution < 1.29 is 4.74 Å². The van der Waals surface area contributed by atoms with Gasteiger partial charge in [0.2, 0.25) is 5.95 Å². The molecule has 0 amide bonds. The third kappa shape index (κ3) is 4.11. The summed E-state index contributed by atoms with van der Waals surface area (Å²) in [7, 11) is 0. The van der Waals surface area contributed by atoms with Crippen molar-refractivity contribution in [2.24, 2.45) is 0 Å². The molecule has 2 heterocycles. The van der Waals surface area contributed by atoms with E-state index >= 15 is 0 Å². The molecular formula is C21H22N4O. The zero-order valence-corrected chi connectivity index (χ0v) is 14.6. The summed E-state index contributed by atoms with van der Waals surface area (Å²) in [5.74, 6) is 3.23. The predicted molar refractivity (Wildman–Crippen MR) is 104 cm³/mol. The summed E-state index contributed by atoms with van der Waals surface area (Å²) < 4.78 is 5.82. The fourth-order valence-corrected chi connectivity index (χ4v) is 3.07. The average Bonchev–Trinajstić information content (AvgIpc) is 2.71. The second-order valence-electron chi connectivity index (χ2n) is 6.35. The van der Waals surface area contributed by atoms with Gasteiger partial charge in [-0.3, -0.25) is 0 Å². The summed E-state index contributed by atoms with van der Waals surface area (Å²) in [6.45, 7) is 2.14. The van der Waals surface area contributed by atoms with Crippen LogP contribution in [0.5, 0.6) is 11.5 Å². The Morgan fingerprint density at radius 1 is 0.808 bits per heavy atom. The molecule has 1 aliphatic rings. The number of aromatic nitrogens is 2. The van der Waals surface area contributed by atoms with Crippen LogP contribution in [0.1, 0.15) is 19.3 Å². The highest BCUT2D eigenvalue weighted by Crippen LogP contribution is 2.24. The molecule has 1 fully saturated rings. The molecule has 4 rings (SSSR count). The highest BCUT2D eigenvalue weighted by molar-refractivity contribution is 5.56. The number of hydrogen-bond acceptors (Lipinski definition) is 5. The van der Waals surface area contributed by atoms with E-state index in [2.05, 4.69) is 20.2 Å². The molecule has 0 unspecified atom stereocenters. The first-order chi connectivity index (χ1) is 12.9. The van der Waals surface area contributed by atoms with Crippen LogP contribution in [-0.4, -0.2) is 23.1 Å². The van der Waals surface area contributed by atoms with Crippen LogP contribution < -0.4 is 15.0 Å². The van der Waals surface area contributed by atoms with Gasteiger partial charge in [-0.05, 0) is 61.7 Å². The quantitative estimate of drug-likeness (QED) is 0.704. The Morgan fingerprint density at radius 2 is 1.54 bits per heavy atom. The van der Waals surface area contributed by atoms with Gasteiger partial charge in [-0.1, -0.05) is 18.2 Å². The van der Waals surface area contributed by atoms with E-state index in [1.165, 1.54) is 19.3 Å². The van der Waals surface area contributed by atoms with Gasteiger partial charge >= 0.3 is 0 Å². The number of hydrogen-bond donors (Lipinski definition) is 1. The second-order valence-corrected chi connectivity index (χ2v) is 6.35. The van der Waals surface area contributed by atoms with Gasteiger partial charge in [0.1, 0.15) is 17.3 Å². The number of rotatable bonds is 5. The Kier molecular flexibility index (Phi) is 4.96. The number of anilines is 3. The second kappa shape index (κ2) is 7.87. The summed E-state index contributed by atoms with van der Waals surface area (Å²) >= 11 is 0. The van der Waals surface area contributed by atoms with Gasteiger partial charge in [-0.2, -0.15) is 4.98 Å². The maximum absolute atomic E-state index is 5.82. The fourth-order valence-electron chi connectivity index (χ4n) is 3.07. The third-order valence-corrected chi connectivity index (χ3v) is 4.41. The van der Waals surface area contributed by atoms with Crippen LogP contribution in [0.4, 0.5) is 17.5 Å². The zero-order chi connectivity index (χ0) is 17.6. The van der Waals surface area contributed by atoms with E-state index in [1.54, 1.807) is 0 Å². The Labute approximate surface area is 153 Å². The Balaban J connectivity index is 1.42. The van der Waals surface area contributed by atoms with Gasteiger partial charge in [0.25, 0.3) is 0 Å². The number of para-hydroxylation sites is 1. The van der Waals surface area contributed by atoms with E-state index in [0.717, 1.165) is 36.1 Å². The lowest BCUT2D eigenvalue weighted by molar-refractivity contribution is 0.483. The normalized spacial score (nSPS) is 14.1. The van der Waals surface area contributed by atoms with Crippen LogP contribution in [0.3, 0.4) is 0 Å². The number of benzene rings is 2.